The molecule has 1 atom stereocenters. The van der Waals surface area contributed by atoms with Crippen LogP contribution in [0.2, 0.25) is 0 Å². The molecule has 1 rings (SSSR count). The van der Waals surface area contributed by atoms with Crippen LogP contribution in [0.3, 0.4) is 0 Å². The van der Waals surface area contributed by atoms with Crippen molar-refractivity contribution in [1.82, 2.24) is 0 Å². The Labute approximate surface area is 77.5 Å². The summed E-state index contributed by atoms with van der Waals surface area (Å²) in [4.78, 5) is 0. The van der Waals surface area contributed by atoms with Gasteiger partial charge in [-0.05, 0) is 25.7 Å². The summed E-state index contributed by atoms with van der Waals surface area (Å²) in [7, 11) is 0. The van der Waals surface area contributed by atoms with E-state index in [9.17, 15) is 0 Å². The SMILES string of the molecule is CCC1CCCCO1.CCCC. The zero-order chi connectivity index (χ0) is 9.23. The van der Waals surface area contributed by atoms with E-state index in [1.807, 2.05) is 0 Å². The van der Waals surface area contributed by atoms with Crippen LogP contribution in [0.1, 0.15) is 59.3 Å². The second-order valence-corrected chi connectivity index (χ2v) is 3.40. The predicted molar refractivity (Wildman–Crippen MR) is 54.5 cm³/mol. The highest BCUT2D eigenvalue weighted by atomic mass is 16.5. The fourth-order valence-corrected chi connectivity index (χ4v) is 1.13. The first-order chi connectivity index (χ1) is 5.85. The molecular formula is C11H24O. The van der Waals surface area contributed by atoms with E-state index in [4.69, 9.17) is 4.74 Å². The molecule has 0 aromatic rings. The second-order valence-electron chi connectivity index (χ2n) is 3.40. The molecule has 1 aliphatic rings. The van der Waals surface area contributed by atoms with Crippen LogP contribution < -0.4 is 0 Å². The second kappa shape index (κ2) is 9.05. The van der Waals surface area contributed by atoms with E-state index in [0.29, 0.717) is 6.10 Å². The van der Waals surface area contributed by atoms with Crippen LogP contribution in [0, 0.1) is 0 Å². The minimum absolute atomic E-state index is 0.587. The van der Waals surface area contributed by atoms with Crippen molar-refractivity contribution in [2.24, 2.45) is 0 Å². The summed E-state index contributed by atoms with van der Waals surface area (Å²) < 4.78 is 5.43. The van der Waals surface area contributed by atoms with Gasteiger partial charge in [-0.1, -0.05) is 33.6 Å². The van der Waals surface area contributed by atoms with Crippen LogP contribution in [-0.4, -0.2) is 12.7 Å². The van der Waals surface area contributed by atoms with Gasteiger partial charge < -0.3 is 4.74 Å². The lowest BCUT2D eigenvalue weighted by atomic mass is 10.1. The summed E-state index contributed by atoms with van der Waals surface area (Å²) in [6.07, 6.45) is 8.36. The normalized spacial score (nSPS) is 22.8. The molecule has 0 aromatic carbocycles. The number of rotatable bonds is 2. The molecule has 1 heterocycles. The van der Waals surface area contributed by atoms with Gasteiger partial charge in [0.15, 0.2) is 0 Å². The molecule has 1 aliphatic heterocycles. The number of unbranched alkanes of at least 4 members (excludes halogenated alkanes) is 1. The zero-order valence-corrected chi connectivity index (χ0v) is 8.94. The van der Waals surface area contributed by atoms with Gasteiger partial charge in [-0.3, -0.25) is 0 Å². The Hall–Kier alpha value is -0.0400. The van der Waals surface area contributed by atoms with Gasteiger partial charge in [0.05, 0.1) is 6.10 Å². The summed E-state index contributed by atoms with van der Waals surface area (Å²) in [5, 5.41) is 0. The smallest absolute Gasteiger partial charge is 0.0572 e. The number of hydrogen-bond acceptors (Lipinski definition) is 1. The van der Waals surface area contributed by atoms with E-state index < -0.39 is 0 Å². The summed E-state index contributed by atoms with van der Waals surface area (Å²) in [6, 6.07) is 0. The van der Waals surface area contributed by atoms with Crippen molar-refractivity contribution in [3.8, 4) is 0 Å². The maximum absolute atomic E-state index is 5.43. The van der Waals surface area contributed by atoms with Gasteiger partial charge in [0.25, 0.3) is 0 Å². The molecule has 0 bridgehead atoms. The van der Waals surface area contributed by atoms with Gasteiger partial charge in [0.2, 0.25) is 0 Å². The van der Waals surface area contributed by atoms with Crippen LogP contribution in [-0.2, 0) is 4.74 Å². The average molecular weight is 172 g/mol. The molecule has 1 saturated heterocycles. The Bertz CT molecular complexity index is 73.1. The minimum atomic E-state index is 0.587. The van der Waals surface area contributed by atoms with E-state index in [1.165, 1.54) is 38.5 Å². The zero-order valence-electron chi connectivity index (χ0n) is 8.94. The lowest BCUT2D eigenvalue weighted by molar-refractivity contribution is 0.0143. The van der Waals surface area contributed by atoms with Crippen molar-refractivity contribution in [2.45, 2.75) is 65.4 Å². The lowest BCUT2D eigenvalue weighted by Gasteiger charge is -2.20. The quantitative estimate of drug-likeness (QED) is 0.616. The average Bonchev–Trinajstić information content (AvgIpc) is 2.19. The molecular weight excluding hydrogens is 148 g/mol. The van der Waals surface area contributed by atoms with E-state index >= 15 is 0 Å². The Kier molecular flexibility index (Phi) is 9.02. The first-order valence-corrected chi connectivity index (χ1v) is 5.46. The van der Waals surface area contributed by atoms with Crippen LogP contribution in [0.25, 0.3) is 0 Å². The topological polar surface area (TPSA) is 9.23 Å². The molecule has 1 fully saturated rings. The fourth-order valence-electron chi connectivity index (χ4n) is 1.13. The first-order valence-electron chi connectivity index (χ1n) is 5.46. The molecule has 0 spiro atoms. The number of ether oxygens (including phenoxy) is 1. The monoisotopic (exact) mass is 172 g/mol. The molecule has 0 amide bonds. The van der Waals surface area contributed by atoms with Crippen molar-refractivity contribution < 1.29 is 4.74 Å². The Morgan fingerprint density at radius 2 is 1.75 bits per heavy atom. The van der Waals surface area contributed by atoms with E-state index in [2.05, 4.69) is 20.8 Å². The highest BCUT2D eigenvalue weighted by molar-refractivity contribution is 4.60. The van der Waals surface area contributed by atoms with Crippen molar-refractivity contribution in [3.05, 3.63) is 0 Å². The van der Waals surface area contributed by atoms with E-state index in [-0.39, 0.29) is 0 Å². The van der Waals surface area contributed by atoms with E-state index in [1.54, 1.807) is 0 Å². The summed E-state index contributed by atoms with van der Waals surface area (Å²) in [6.45, 7) is 7.55. The predicted octanol–water partition coefficient (Wildman–Crippen LogP) is 3.77. The summed E-state index contributed by atoms with van der Waals surface area (Å²) in [5.74, 6) is 0. The summed E-state index contributed by atoms with van der Waals surface area (Å²) >= 11 is 0. The molecule has 0 aromatic heterocycles. The van der Waals surface area contributed by atoms with Gasteiger partial charge in [-0.2, -0.15) is 0 Å². The molecule has 0 N–H and O–H groups in total. The van der Waals surface area contributed by atoms with Gasteiger partial charge >= 0.3 is 0 Å². The number of hydrogen-bond donors (Lipinski definition) is 0. The van der Waals surface area contributed by atoms with Crippen molar-refractivity contribution >= 4 is 0 Å². The highest BCUT2D eigenvalue weighted by Crippen LogP contribution is 2.14. The van der Waals surface area contributed by atoms with Gasteiger partial charge in [0.1, 0.15) is 0 Å². The third-order valence-electron chi connectivity index (χ3n) is 2.23. The van der Waals surface area contributed by atoms with Crippen LogP contribution >= 0.6 is 0 Å². The molecule has 74 valence electrons. The molecule has 12 heavy (non-hydrogen) atoms. The van der Waals surface area contributed by atoms with Crippen LogP contribution in [0.15, 0.2) is 0 Å². The van der Waals surface area contributed by atoms with Gasteiger partial charge in [0, 0.05) is 6.61 Å². The maximum Gasteiger partial charge on any atom is 0.0572 e. The molecule has 0 saturated carbocycles. The Balaban J connectivity index is 0.000000261. The van der Waals surface area contributed by atoms with Gasteiger partial charge in [-0.15, -0.1) is 0 Å². The fraction of sp³-hybridized carbons (Fsp3) is 1.00. The Morgan fingerprint density at radius 1 is 1.08 bits per heavy atom. The molecule has 1 unspecified atom stereocenters. The lowest BCUT2D eigenvalue weighted by Crippen LogP contribution is -2.17. The molecule has 0 aliphatic carbocycles. The van der Waals surface area contributed by atoms with Crippen LogP contribution in [0.4, 0.5) is 0 Å². The van der Waals surface area contributed by atoms with Crippen molar-refractivity contribution in [2.75, 3.05) is 6.61 Å². The van der Waals surface area contributed by atoms with E-state index in [0.717, 1.165) is 6.61 Å². The van der Waals surface area contributed by atoms with Crippen molar-refractivity contribution in [3.63, 3.8) is 0 Å². The Morgan fingerprint density at radius 3 is 2.00 bits per heavy atom. The highest BCUT2D eigenvalue weighted by Gasteiger charge is 2.09. The minimum Gasteiger partial charge on any atom is -0.378 e. The largest absolute Gasteiger partial charge is 0.378 e. The third-order valence-corrected chi connectivity index (χ3v) is 2.23. The standard InChI is InChI=1S/C7H14O.C4H10/c1-2-7-5-3-4-6-8-7;1-3-4-2/h7H,2-6H2,1H3;3-4H2,1-2H3. The summed E-state index contributed by atoms with van der Waals surface area (Å²) in [5.41, 5.74) is 0. The first kappa shape index (κ1) is 12.0. The van der Waals surface area contributed by atoms with Crippen molar-refractivity contribution in [1.29, 1.82) is 0 Å². The molecule has 1 nitrogen and oxygen atoms in total. The maximum atomic E-state index is 5.43. The molecule has 1 heteroatoms. The van der Waals surface area contributed by atoms with Gasteiger partial charge in [-0.25, -0.2) is 0 Å². The molecule has 0 radical (unpaired) electrons. The van der Waals surface area contributed by atoms with Crippen LogP contribution in [0.5, 0.6) is 0 Å². The third kappa shape index (κ3) is 6.66.